The van der Waals surface area contributed by atoms with Crippen LogP contribution < -0.4 is 0 Å². The van der Waals surface area contributed by atoms with E-state index in [9.17, 15) is 9.59 Å². The van der Waals surface area contributed by atoms with Gasteiger partial charge in [-0.3, -0.25) is 14.6 Å². The van der Waals surface area contributed by atoms with Crippen molar-refractivity contribution in [1.29, 1.82) is 0 Å². The number of carbonyl (C=O) groups excluding carboxylic acids is 2. The number of allylic oxidation sites excluding steroid dienone is 2. The van der Waals surface area contributed by atoms with Gasteiger partial charge < -0.3 is 5.11 Å². The summed E-state index contributed by atoms with van der Waals surface area (Å²) in [4.78, 5) is 27.9. The Balaban J connectivity index is 0.000000378. The van der Waals surface area contributed by atoms with Gasteiger partial charge in [-0.2, -0.15) is 0 Å². The summed E-state index contributed by atoms with van der Waals surface area (Å²) in [6, 6.07) is 21.7. The number of nitrogens with zero attached hydrogens (tertiary/aromatic N) is 1. The third-order valence-electron chi connectivity index (χ3n) is 5.64. The zero-order valence-electron chi connectivity index (χ0n) is 20.3. The molecule has 4 aromatic rings. The van der Waals surface area contributed by atoms with Crippen molar-refractivity contribution in [2.45, 2.75) is 34.6 Å². The van der Waals surface area contributed by atoms with E-state index in [0.717, 1.165) is 55.5 Å². The molecule has 0 atom stereocenters. The Kier molecular flexibility index (Phi) is 7.84. The van der Waals surface area contributed by atoms with E-state index in [1.165, 1.54) is 25.5 Å². The van der Waals surface area contributed by atoms with Crippen LogP contribution in [0.4, 0.5) is 0 Å². The molecule has 1 radical (unpaired) electrons. The average molecular weight is 641 g/mol. The minimum atomic E-state index is -0.125. The Morgan fingerprint density at radius 3 is 2.23 bits per heavy atom. The second kappa shape index (κ2) is 10.5. The smallest absolute Gasteiger partial charge is 0.194 e. The third-order valence-corrected chi connectivity index (χ3v) is 5.64. The number of aryl methyl sites for hydroxylation is 3. The van der Waals surface area contributed by atoms with Crippen LogP contribution in [-0.2, 0) is 24.9 Å². The van der Waals surface area contributed by atoms with Gasteiger partial charge in [0.15, 0.2) is 11.6 Å². The summed E-state index contributed by atoms with van der Waals surface area (Å²) in [5.74, 6) is 0.0364. The maximum atomic E-state index is 13.1. The Bertz CT molecular complexity index is 1480. The Hall–Kier alpha value is -3.40. The summed E-state index contributed by atoms with van der Waals surface area (Å²) >= 11 is 0. The summed E-state index contributed by atoms with van der Waals surface area (Å²) in [5, 5.41) is 9.28. The van der Waals surface area contributed by atoms with Gasteiger partial charge in [-0.1, -0.05) is 49.7 Å². The molecule has 0 amide bonds. The number of fused-ring (bicyclic) bond motifs is 5. The molecule has 1 aromatic heterocycles. The number of pyridine rings is 1. The minimum Gasteiger partial charge on any atom is -0.512 e. The van der Waals surface area contributed by atoms with Crippen molar-refractivity contribution in [1.82, 2.24) is 4.98 Å². The van der Waals surface area contributed by atoms with Gasteiger partial charge in [-0.25, -0.2) is 0 Å². The van der Waals surface area contributed by atoms with Gasteiger partial charge >= 0.3 is 0 Å². The molecule has 0 spiro atoms. The second-order valence-corrected chi connectivity index (χ2v) is 8.78. The predicted octanol–water partition coefficient (Wildman–Crippen LogP) is 6.87. The SMILES string of the molecule is CC(=O)/C=C(/C)O.Cc1[c-]c(-c2ccc3c4c(ccc3n2)-c2ccc(C)cc2C4=O)cc(C)c1.[Ir]. The molecular formula is C30H26IrNO3-. The van der Waals surface area contributed by atoms with Crippen molar-refractivity contribution in [3.8, 4) is 22.4 Å². The van der Waals surface area contributed by atoms with Gasteiger partial charge in [0, 0.05) is 42.7 Å². The van der Waals surface area contributed by atoms with E-state index < -0.39 is 0 Å². The van der Waals surface area contributed by atoms with Crippen LogP contribution in [0.25, 0.3) is 33.3 Å². The number of aliphatic hydroxyl groups excluding tert-OH is 1. The van der Waals surface area contributed by atoms with E-state index in [-0.39, 0.29) is 37.4 Å². The zero-order chi connectivity index (χ0) is 24.6. The van der Waals surface area contributed by atoms with Crippen LogP contribution >= 0.6 is 0 Å². The van der Waals surface area contributed by atoms with Crippen LogP contribution in [-0.4, -0.2) is 21.7 Å². The summed E-state index contributed by atoms with van der Waals surface area (Å²) in [5.41, 5.74) is 9.71. The maximum absolute atomic E-state index is 13.1. The van der Waals surface area contributed by atoms with Crippen LogP contribution in [0.2, 0.25) is 0 Å². The number of aliphatic hydroxyl groups is 1. The molecule has 35 heavy (non-hydrogen) atoms. The Labute approximate surface area is 219 Å². The first-order valence-corrected chi connectivity index (χ1v) is 11.1. The monoisotopic (exact) mass is 641 g/mol. The first-order valence-electron chi connectivity index (χ1n) is 11.1. The number of hydrogen-bond acceptors (Lipinski definition) is 4. The summed E-state index contributed by atoms with van der Waals surface area (Å²) < 4.78 is 0. The summed E-state index contributed by atoms with van der Waals surface area (Å²) in [6.07, 6.45) is 1.17. The fourth-order valence-corrected chi connectivity index (χ4v) is 4.37. The Morgan fingerprint density at radius 1 is 0.886 bits per heavy atom. The Morgan fingerprint density at radius 2 is 1.60 bits per heavy atom. The molecule has 4 nitrogen and oxygen atoms in total. The first kappa shape index (κ1) is 26.2. The summed E-state index contributed by atoms with van der Waals surface area (Å²) in [7, 11) is 0. The van der Waals surface area contributed by atoms with Crippen LogP contribution in [0, 0.1) is 26.8 Å². The fourth-order valence-electron chi connectivity index (χ4n) is 4.37. The van der Waals surface area contributed by atoms with E-state index in [4.69, 9.17) is 10.1 Å². The van der Waals surface area contributed by atoms with Gasteiger partial charge in [-0.15, -0.1) is 34.9 Å². The molecule has 0 aliphatic heterocycles. The van der Waals surface area contributed by atoms with E-state index in [0.29, 0.717) is 0 Å². The normalized spacial score (nSPS) is 11.8. The van der Waals surface area contributed by atoms with Crippen LogP contribution in [0.3, 0.4) is 0 Å². The molecule has 0 bridgehead atoms. The summed E-state index contributed by atoms with van der Waals surface area (Å²) in [6.45, 7) is 8.99. The van der Waals surface area contributed by atoms with E-state index >= 15 is 0 Å². The van der Waals surface area contributed by atoms with Crippen LogP contribution in [0.5, 0.6) is 0 Å². The van der Waals surface area contributed by atoms with Crippen molar-refractivity contribution in [2.24, 2.45) is 0 Å². The molecule has 0 unspecified atom stereocenters. The number of benzene rings is 3. The zero-order valence-corrected chi connectivity index (χ0v) is 22.7. The molecular weight excluding hydrogens is 615 g/mol. The number of rotatable bonds is 2. The molecule has 5 heteroatoms. The molecule has 1 heterocycles. The van der Waals surface area contributed by atoms with Gasteiger partial charge in [0.25, 0.3) is 0 Å². The standard InChI is InChI=1S/C25H18NO.C5H8O2.Ir/c1-14-4-5-18-19-6-9-23-20(24(19)25(27)21(18)13-14)7-8-22(26-23)17-11-15(2)10-16(3)12-17;1-4(6)3-5(2)7;/h4-11,13H,1-3H3;3,6H,1-2H3;/q-1;;/b;4-3-;. The van der Waals surface area contributed by atoms with Gasteiger partial charge in [0.2, 0.25) is 0 Å². The average Bonchev–Trinajstić information content (AvgIpc) is 3.04. The molecule has 1 N–H and O–H groups in total. The number of hydrogen-bond donors (Lipinski definition) is 1. The molecule has 0 saturated carbocycles. The van der Waals surface area contributed by atoms with E-state index in [2.05, 4.69) is 31.2 Å². The number of ketones is 2. The molecule has 1 aliphatic carbocycles. The molecule has 5 rings (SSSR count). The topological polar surface area (TPSA) is 67.3 Å². The largest absolute Gasteiger partial charge is 0.512 e. The van der Waals surface area contributed by atoms with Crippen molar-refractivity contribution in [3.05, 3.63) is 100 Å². The van der Waals surface area contributed by atoms with Gasteiger partial charge in [0.1, 0.15) is 0 Å². The second-order valence-electron chi connectivity index (χ2n) is 8.78. The molecule has 1 aliphatic rings. The van der Waals surface area contributed by atoms with E-state index in [1.807, 2.05) is 50.2 Å². The molecule has 179 valence electrons. The minimum absolute atomic E-state index is 0. The first-order chi connectivity index (χ1) is 16.1. The van der Waals surface area contributed by atoms with Crippen molar-refractivity contribution >= 4 is 22.5 Å². The maximum Gasteiger partial charge on any atom is 0.194 e. The molecule has 0 fully saturated rings. The number of aromatic nitrogens is 1. The van der Waals surface area contributed by atoms with Crippen molar-refractivity contribution in [3.63, 3.8) is 0 Å². The van der Waals surface area contributed by atoms with Gasteiger partial charge in [0.05, 0.1) is 11.3 Å². The quantitative estimate of drug-likeness (QED) is 0.130. The van der Waals surface area contributed by atoms with Crippen LogP contribution in [0.15, 0.2) is 66.4 Å². The van der Waals surface area contributed by atoms with Gasteiger partial charge in [-0.05, 0) is 49.7 Å². The van der Waals surface area contributed by atoms with Crippen molar-refractivity contribution in [2.75, 3.05) is 0 Å². The third kappa shape index (κ3) is 5.48. The van der Waals surface area contributed by atoms with Crippen molar-refractivity contribution < 1.29 is 34.8 Å². The van der Waals surface area contributed by atoms with E-state index in [1.54, 1.807) is 0 Å². The molecule has 0 saturated heterocycles. The van der Waals surface area contributed by atoms with Crippen LogP contribution in [0.1, 0.15) is 46.5 Å². The predicted molar refractivity (Wildman–Crippen MR) is 136 cm³/mol. The fraction of sp³-hybridized carbons (Fsp3) is 0.167. The molecule has 3 aromatic carbocycles. The number of carbonyl (C=O) groups is 2.